The predicted octanol–water partition coefficient (Wildman–Crippen LogP) is 1.07. The number of carbonyl (C=O) groups excluding carboxylic acids is 1. The summed E-state index contributed by atoms with van der Waals surface area (Å²) in [6.45, 7) is 1.90. The Balaban J connectivity index is 2.44. The van der Waals surface area contributed by atoms with E-state index in [0.717, 1.165) is 0 Å². The molecule has 2 aromatic rings. The zero-order valence-corrected chi connectivity index (χ0v) is 10.3. The van der Waals surface area contributed by atoms with Gasteiger partial charge < -0.3 is 10.5 Å². The molecule has 0 aliphatic heterocycles. The standard InChI is InChI=1S/C10H10ClN5O2/c1-2-18-10(17)6-8(12)15-9(7(11)14-6)16-5-3-4-13-16/h3-5H,2H2,1H3,(H2,12,15). The number of ether oxygens (including phenoxy) is 1. The number of hydrogen-bond donors (Lipinski definition) is 1. The first-order valence-electron chi connectivity index (χ1n) is 5.13. The monoisotopic (exact) mass is 267 g/mol. The molecule has 2 heterocycles. The molecule has 0 fully saturated rings. The summed E-state index contributed by atoms with van der Waals surface area (Å²) in [5.74, 6) is -0.452. The van der Waals surface area contributed by atoms with Gasteiger partial charge in [-0.05, 0) is 13.0 Å². The SMILES string of the molecule is CCOC(=O)c1nc(Cl)c(-n2cccn2)nc1N. The van der Waals surface area contributed by atoms with Crippen LogP contribution in [0.5, 0.6) is 0 Å². The number of aromatic nitrogens is 4. The van der Waals surface area contributed by atoms with E-state index in [9.17, 15) is 4.79 Å². The third-order valence-electron chi connectivity index (χ3n) is 2.05. The van der Waals surface area contributed by atoms with Crippen LogP contribution in [0.15, 0.2) is 18.5 Å². The molecule has 2 rings (SSSR count). The molecule has 0 amide bonds. The van der Waals surface area contributed by atoms with Crippen LogP contribution in [0.25, 0.3) is 5.82 Å². The van der Waals surface area contributed by atoms with Gasteiger partial charge in [0.15, 0.2) is 22.5 Å². The van der Waals surface area contributed by atoms with Gasteiger partial charge in [-0.25, -0.2) is 19.4 Å². The molecule has 0 unspecified atom stereocenters. The third-order valence-corrected chi connectivity index (χ3v) is 2.31. The van der Waals surface area contributed by atoms with Crippen LogP contribution in [0.4, 0.5) is 5.82 Å². The minimum atomic E-state index is -0.656. The molecule has 2 aromatic heterocycles. The summed E-state index contributed by atoms with van der Waals surface area (Å²) in [6, 6.07) is 1.70. The summed E-state index contributed by atoms with van der Waals surface area (Å²) in [7, 11) is 0. The summed E-state index contributed by atoms with van der Waals surface area (Å²) in [5.41, 5.74) is 5.55. The second-order valence-electron chi connectivity index (χ2n) is 3.24. The first-order chi connectivity index (χ1) is 8.63. The van der Waals surface area contributed by atoms with Crippen LogP contribution in [0, 0.1) is 0 Å². The quantitative estimate of drug-likeness (QED) is 0.836. The minimum Gasteiger partial charge on any atom is -0.461 e. The Hall–Kier alpha value is -2.15. The molecular formula is C10H10ClN5O2. The highest BCUT2D eigenvalue weighted by molar-refractivity contribution is 6.31. The average molecular weight is 268 g/mol. The maximum absolute atomic E-state index is 11.5. The molecule has 18 heavy (non-hydrogen) atoms. The van der Waals surface area contributed by atoms with Crippen molar-refractivity contribution in [3.05, 3.63) is 29.3 Å². The van der Waals surface area contributed by atoms with Gasteiger partial charge in [0.25, 0.3) is 0 Å². The molecule has 0 spiro atoms. The van der Waals surface area contributed by atoms with Crippen molar-refractivity contribution >= 4 is 23.4 Å². The van der Waals surface area contributed by atoms with E-state index in [1.54, 1.807) is 25.4 Å². The molecule has 0 saturated heterocycles. The second-order valence-corrected chi connectivity index (χ2v) is 3.60. The summed E-state index contributed by atoms with van der Waals surface area (Å²) in [6.07, 6.45) is 3.20. The molecule has 0 bridgehead atoms. The molecule has 0 aromatic carbocycles. The molecule has 0 aliphatic rings. The predicted molar refractivity (Wildman–Crippen MR) is 64.5 cm³/mol. The summed E-state index contributed by atoms with van der Waals surface area (Å²) in [5, 5.41) is 3.98. The molecule has 2 N–H and O–H groups in total. The Labute approximate surface area is 108 Å². The lowest BCUT2D eigenvalue weighted by Gasteiger charge is -2.07. The number of anilines is 1. The molecule has 0 aliphatic carbocycles. The number of rotatable bonds is 3. The van der Waals surface area contributed by atoms with Crippen LogP contribution in [0.1, 0.15) is 17.4 Å². The molecule has 0 radical (unpaired) electrons. The Morgan fingerprint density at radius 1 is 1.56 bits per heavy atom. The van der Waals surface area contributed by atoms with Gasteiger partial charge in [0.05, 0.1) is 6.61 Å². The first-order valence-corrected chi connectivity index (χ1v) is 5.51. The number of nitrogens with zero attached hydrogens (tertiary/aromatic N) is 4. The van der Waals surface area contributed by atoms with Crippen molar-refractivity contribution < 1.29 is 9.53 Å². The normalized spacial score (nSPS) is 10.3. The van der Waals surface area contributed by atoms with Crippen LogP contribution < -0.4 is 5.73 Å². The van der Waals surface area contributed by atoms with E-state index in [1.165, 1.54) is 4.68 Å². The number of hydrogen-bond acceptors (Lipinski definition) is 6. The molecular weight excluding hydrogens is 258 g/mol. The van der Waals surface area contributed by atoms with E-state index in [2.05, 4.69) is 15.1 Å². The summed E-state index contributed by atoms with van der Waals surface area (Å²) < 4.78 is 6.20. The Bertz CT molecular complexity index is 570. The van der Waals surface area contributed by atoms with E-state index in [-0.39, 0.29) is 29.1 Å². The summed E-state index contributed by atoms with van der Waals surface area (Å²) in [4.78, 5) is 19.4. The van der Waals surface area contributed by atoms with E-state index in [1.807, 2.05) is 0 Å². The zero-order valence-electron chi connectivity index (χ0n) is 9.50. The van der Waals surface area contributed by atoms with Crippen LogP contribution in [-0.2, 0) is 4.74 Å². The van der Waals surface area contributed by atoms with Crippen molar-refractivity contribution in [3.8, 4) is 5.82 Å². The average Bonchev–Trinajstić information content (AvgIpc) is 2.85. The van der Waals surface area contributed by atoms with Crippen molar-refractivity contribution in [2.45, 2.75) is 6.92 Å². The van der Waals surface area contributed by atoms with Gasteiger partial charge in [0.1, 0.15) is 0 Å². The van der Waals surface area contributed by atoms with E-state index < -0.39 is 5.97 Å². The lowest BCUT2D eigenvalue weighted by atomic mass is 10.4. The fraction of sp³-hybridized carbons (Fsp3) is 0.200. The van der Waals surface area contributed by atoms with Gasteiger partial charge in [-0.1, -0.05) is 11.6 Å². The van der Waals surface area contributed by atoms with Crippen molar-refractivity contribution in [1.82, 2.24) is 19.7 Å². The largest absolute Gasteiger partial charge is 0.461 e. The maximum Gasteiger partial charge on any atom is 0.360 e. The van der Waals surface area contributed by atoms with Crippen LogP contribution in [0.2, 0.25) is 5.15 Å². The fourth-order valence-electron chi connectivity index (χ4n) is 1.31. The van der Waals surface area contributed by atoms with E-state index >= 15 is 0 Å². The van der Waals surface area contributed by atoms with Crippen LogP contribution >= 0.6 is 11.6 Å². The number of nitrogen functional groups attached to an aromatic ring is 1. The number of halogens is 1. The third kappa shape index (κ3) is 2.25. The van der Waals surface area contributed by atoms with Crippen LogP contribution in [0.3, 0.4) is 0 Å². The Morgan fingerprint density at radius 2 is 2.33 bits per heavy atom. The van der Waals surface area contributed by atoms with Crippen molar-refractivity contribution in [2.24, 2.45) is 0 Å². The van der Waals surface area contributed by atoms with Gasteiger partial charge in [-0.2, -0.15) is 5.10 Å². The van der Waals surface area contributed by atoms with Crippen molar-refractivity contribution in [2.75, 3.05) is 12.3 Å². The van der Waals surface area contributed by atoms with Crippen LogP contribution in [-0.4, -0.2) is 32.3 Å². The van der Waals surface area contributed by atoms with Gasteiger partial charge in [0, 0.05) is 12.4 Å². The van der Waals surface area contributed by atoms with Crippen molar-refractivity contribution in [3.63, 3.8) is 0 Å². The summed E-state index contributed by atoms with van der Waals surface area (Å²) >= 11 is 5.94. The first kappa shape index (κ1) is 12.3. The highest BCUT2D eigenvalue weighted by atomic mass is 35.5. The number of carbonyl (C=O) groups is 1. The highest BCUT2D eigenvalue weighted by Gasteiger charge is 2.18. The molecule has 0 atom stereocenters. The smallest absolute Gasteiger partial charge is 0.360 e. The molecule has 7 nitrogen and oxygen atoms in total. The lowest BCUT2D eigenvalue weighted by Crippen LogP contribution is -2.14. The van der Waals surface area contributed by atoms with E-state index in [0.29, 0.717) is 0 Å². The van der Waals surface area contributed by atoms with Crippen molar-refractivity contribution in [1.29, 1.82) is 0 Å². The number of esters is 1. The van der Waals surface area contributed by atoms with E-state index in [4.69, 9.17) is 22.1 Å². The molecule has 0 saturated carbocycles. The van der Waals surface area contributed by atoms with Gasteiger partial charge in [0.2, 0.25) is 0 Å². The highest BCUT2D eigenvalue weighted by Crippen LogP contribution is 2.19. The number of nitrogens with two attached hydrogens (primary N) is 1. The Morgan fingerprint density at radius 3 is 2.94 bits per heavy atom. The van der Waals surface area contributed by atoms with Gasteiger partial charge >= 0.3 is 5.97 Å². The lowest BCUT2D eigenvalue weighted by molar-refractivity contribution is 0.0520. The Kier molecular flexibility index (Phi) is 3.42. The van der Waals surface area contributed by atoms with Gasteiger partial charge in [-0.15, -0.1) is 0 Å². The maximum atomic E-state index is 11.5. The molecule has 8 heteroatoms. The second kappa shape index (κ2) is 5.01. The topological polar surface area (TPSA) is 95.9 Å². The zero-order chi connectivity index (χ0) is 13.1. The van der Waals surface area contributed by atoms with Gasteiger partial charge in [-0.3, -0.25) is 0 Å². The molecule has 94 valence electrons. The fourth-order valence-corrected chi connectivity index (χ4v) is 1.52. The minimum absolute atomic E-state index is 0.0240.